The van der Waals surface area contributed by atoms with Gasteiger partial charge in [-0.3, -0.25) is 9.59 Å². The van der Waals surface area contributed by atoms with Gasteiger partial charge in [-0.25, -0.2) is 12.7 Å². The molecule has 1 aromatic rings. The minimum atomic E-state index is -3.85. The topological polar surface area (TPSA) is 84.0 Å². The van der Waals surface area contributed by atoms with Gasteiger partial charge in [0.2, 0.25) is 5.91 Å². The van der Waals surface area contributed by atoms with Crippen LogP contribution in [0.1, 0.15) is 42.5 Å². The van der Waals surface area contributed by atoms with E-state index >= 15 is 0 Å². The highest BCUT2D eigenvalue weighted by Crippen LogP contribution is 2.36. The van der Waals surface area contributed by atoms with Gasteiger partial charge in [-0.2, -0.15) is 0 Å². The molecule has 2 saturated heterocycles. The Hall–Kier alpha value is -1.93. The molecule has 4 rings (SSSR count). The smallest absolute Gasteiger partial charge is 0.269 e. The third-order valence-electron chi connectivity index (χ3n) is 5.65. The molecular formula is C18H22N2O5S. The SMILES string of the molecule is O=C(CCN1C(=O)c2ccccc2S1(=O)=O)N1CCC2(CCCO2)CC1. The van der Waals surface area contributed by atoms with Crippen molar-refractivity contribution >= 4 is 21.8 Å². The quantitative estimate of drug-likeness (QED) is 0.794. The predicted molar refractivity (Wildman–Crippen MR) is 93.0 cm³/mol. The fourth-order valence-electron chi connectivity index (χ4n) is 4.12. The van der Waals surface area contributed by atoms with E-state index in [4.69, 9.17) is 4.74 Å². The van der Waals surface area contributed by atoms with Crippen LogP contribution in [0.15, 0.2) is 29.2 Å². The first-order valence-corrected chi connectivity index (χ1v) is 10.4. The predicted octanol–water partition coefficient (Wildman–Crippen LogP) is 1.39. The number of fused-ring (bicyclic) bond motifs is 1. The van der Waals surface area contributed by atoms with Gasteiger partial charge >= 0.3 is 0 Å². The number of hydrogen-bond donors (Lipinski definition) is 0. The number of likely N-dealkylation sites (tertiary alicyclic amines) is 1. The zero-order valence-corrected chi connectivity index (χ0v) is 15.3. The van der Waals surface area contributed by atoms with Gasteiger partial charge in [0.25, 0.3) is 15.9 Å². The monoisotopic (exact) mass is 378 g/mol. The van der Waals surface area contributed by atoms with Crippen LogP contribution in [0.2, 0.25) is 0 Å². The standard InChI is InChI=1S/C18H22N2O5S/c21-16(19-11-8-18(9-12-19)7-3-13-25-18)6-10-20-17(22)14-4-1-2-5-15(14)26(20,23)24/h1-2,4-5H,3,6-13H2. The van der Waals surface area contributed by atoms with E-state index in [1.165, 1.54) is 12.1 Å². The van der Waals surface area contributed by atoms with Crippen molar-refractivity contribution in [2.45, 2.75) is 42.6 Å². The largest absolute Gasteiger partial charge is 0.375 e. The molecule has 0 radical (unpaired) electrons. The van der Waals surface area contributed by atoms with Crippen LogP contribution >= 0.6 is 0 Å². The average molecular weight is 378 g/mol. The second kappa shape index (κ2) is 6.35. The molecule has 140 valence electrons. The molecule has 3 heterocycles. The molecule has 2 amide bonds. The first kappa shape index (κ1) is 17.5. The summed E-state index contributed by atoms with van der Waals surface area (Å²) in [7, 11) is -3.85. The van der Waals surface area contributed by atoms with Crippen LogP contribution in [0, 0.1) is 0 Å². The van der Waals surface area contributed by atoms with E-state index in [2.05, 4.69) is 0 Å². The highest BCUT2D eigenvalue weighted by atomic mass is 32.2. The zero-order chi connectivity index (χ0) is 18.4. The lowest BCUT2D eigenvalue weighted by Gasteiger charge is -2.38. The molecule has 7 nitrogen and oxygen atoms in total. The second-order valence-electron chi connectivity index (χ2n) is 7.14. The Morgan fingerprint density at radius 2 is 1.88 bits per heavy atom. The van der Waals surface area contributed by atoms with Crippen molar-refractivity contribution < 1.29 is 22.7 Å². The summed E-state index contributed by atoms with van der Waals surface area (Å²) in [6.07, 6.45) is 3.78. The third kappa shape index (κ3) is 2.81. The number of carbonyl (C=O) groups is 2. The van der Waals surface area contributed by atoms with Gasteiger partial charge in [0.05, 0.1) is 11.2 Å². The number of rotatable bonds is 3. The summed E-state index contributed by atoms with van der Waals surface area (Å²) in [5, 5.41) is 0. The maximum absolute atomic E-state index is 12.5. The number of piperidine rings is 1. The second-order valence-corrected chi connectivity index (χ2v) is 8.98. The van der Waals surface area contributed by atoms with Crippen molar-refractivity contribution in [1.29, 1.82) is 0 Å². The summed E-state index contributed by atoms with van der Waals surface area (Å²) < 4.78 is 31.7. The molecule has 26 heavy (non-hydrogen) atoms. The van der Waals surface area contributed by atoms with E-state index in [0.29, 0.717) is 13.1 Å². The van der Waals surface area contributed by atoms with Crippen molar-refractivity contribution in [2.24, 2.45) is 0 Å². The van der Waals surface area contributed by atoms with Gasteiger partial charge < -0.3 is 9.64 Å². The molecule has 2 fully saturated rings. The molecule has 0 N–H and O–H groups in total. The zero-order valence-electron chi connectivity index (χ0n) is 14.5. The van der Waals surface area contributed by atoms with Crippen LogP contribution < -0.4 is 0 Å². The van der Waals surface area contributed by atoms with E-state index in [9.17, 15) is 18.0 Å². The fraction of sp³-hybridized carbons (Fsp3) is 0.556. The van der Waals surface area contributed by atoms with Gasteiger partial charge in [-0.1, -0.05) is 12.1 Å². The van der Waals surface area contributed by atoms with Gasteiger partial charge in [-0.15, -0.1) is 0 Å². The minimum Gasteiger partial charge on any atom is -0.375 e. The lowest BCUT2D eigenvalue weighted by molar-refractivity contribution is -0.136. The van der Waals surface area contributed by atoms with Gasteiger partial charge in [0.15, 0.2) is 0 Å². The van der Waals surface area contributed by atoms with Crippen molar-refractivity contribution in [3.63, 3.8) is 0 Å². The maximum Gasteiger partial charge on any atom is 0.269 e. The van der Waals surface area contributed by atoms with Crippen molar-refractivity contribution in [3.8, 4) is 0 Å². The number of ether oxygens (including phenoxy) is 1. The van der Waals surface area contributed by atoms with Crippen molar-refractivity contribution in [1.82, 2.24) is 9.21 Å². The molecule has 8 heteroatoms. The Balaban J connectivity index is 1.38. The first-order chi connectivity index (χ1) is 12.4. The Bertz CT molecular complexity index is 835. The normalized spacial score (nSPS) is 23.5. The molecule has 1 aromatic carbocycles. The van der Waals surface area contributed by atoms with Crippen LogP contribution in [0.4, 0.5) is 0 Å². The number of nitrogens with zero attached hydrogens (tertiary/aromatic N) is 2. The van der Waals surface area contributed by atoms with Gasteiger partial charge in [0, 0.05) is 32.7 Å². The van der Waals surface area contributed by atoms with Crippen molar-refractivity contribution in [2.75, 3.05) is 26.2 Å². The molecule has 0 aromatic heterocycles. The first-order valence-electron chi connectivity index (χ1n) is 9.01. The Morgan fingerprint density at radius 3 is 2.54 bits per heavy atom. The fourth-order valence-corrected chi connectivity index (χ4v) is 5.69. The van der Waals surface area contributed by atoms with Crippen LogP contribution in [-0.2, 0) is 19.6 Å². The Kier molecular flexibility index (Phi) is 4.27. The summed E-state index contributed by atoms with van der Waals surface area (Å²) in [4.78, 5) is 26.7. The van der Waals surface area contributed by atoms with E-state index < -0.39 is 15.9 Å². The van der Waals surface area contributed by atoms with Crippen LogP contribution in [0.5, 0.6) is 0 Å². The third-order valence-corrected chi connectivity index (χ3v) is 7.49. The highest BCUT2D eigenvalue weighted by Gasteiger charge is 2.42. The van der Waals surface area contributed by atoms with Gasteiger partial charge in [-0.05, 0) is 37.8 Å². The summed E-state index contributed by atoms with van der Waals surface area (Å²) in [6.45, 7) is 1.93. The lowest BCUT2D eigenvalue weighted by atomic mass is 9.88. The number of sulfonamides is 1. The number of carbonyl (C=O) groups excluding carboxylic acids is 2. The van der Waals surface area contributed by atoms with E-state index in [-0.39, 0.29) is 34.9 Å². The molecular weight excluding hydrogens is 356 g/mol. The van der Waals surface area contributed by atoms with E-state index in [1.807, 2.05) is 0 Å². The number of benzene rings is 1. The summed E-state index contributed by atoms with van der Waals surface area (Å²) >= 11 is 0. The molecule has 0 atom stereocenters. The minimum absolute atomic E-state index is 0.00676. The molecule has 1 spiro atoms. The Labute approximate surface area is 153 Å². The molecule has 0 bridgehead atoms. The maximum atomic E-state index is 12.5. The average Bonchev–Trinajstić information content (AvgIpc) is 3.16. The molecule has 3 aliphatic heterocycles. The summed E-state index contributed by atoms with van der Waals surface area (Å²) in [5.41, 5.74) is 0.116. The van der Waals surface area contributed by atoms with E-state index in [0.717, 1.165) is 36.6 Å². The van der Waals surface area contributed by atoms with Crippen molar-refractivity contribution in [3.05, 3.63) is 29.8 Å². The van der Waals surface area contributed by atoms with Gasteiger partial charge in [0.1, 0.15) is 4.90 Å². The number of amides is 2. The molecule has 3 aliphatic rings. The number of hydrogen-bond acceptors (Lipinski definition) is 5. The van der Waals surface area contributed by atoms with E-state index in [1.54, 1.807) is 17.0 Å². The Morgan fingerprint density at radius 1 is 1.15 bits per heavy atom. The van der Waals surface area contributed by atoms with Crippen LogP contribution in [-0.4, -0.2) is 61.3 Å². The highest BCUT2D eigenvalue weighted by molar-refractivity contribution is 7.90. The van der Waals surface area contributed by atoms with Crippen LogP contribution in [0.3, 0.4) is 0 Å². The molecule has 0 aliphatic carbocycles. The molecule has 0 saturated carbocycles. The lowest BCUT2D eigenvalue weighted by Crippen LogP contribution is -2.47. The molecule has 0 unspecified atom stereocenters. The summed E-state index contributed by atoms with van der Waals surface area (Å²) in [5.74, 6) is -0.665. The van der Waals surface area contributed by atoms with Crippen LogP contribution in [0.25, 0.3) is 0 Å². The summed E-state index contributed by atoms with van der Waals surface area (Å²) in [6, 6.07) is 6.15.